The summed E-state index contributed by atoms with van der Waals surface area (Å²) in [6.07, 6.45) is 3.01. The van der Waals surface area contributed by atoms with E-state index in [-0.39, 0.29) is 11.8 Å². The van der Waals surface area contributed by atoms with Crippen molar-refractivity contribution in [2.75, 3.05) is 70.9 Å². The summed E-state index contributed by atoms with van der Waals surface area (Å²) in [5, 5.41) is 4.20. The maximum atomic E-state index is 12.8. The molecule has 8 heteroatoms. The minimum Gasteiger partial charge on any atom is -0.494 e. The van der Waals surface area contributed by atoms with Gasteiger partial charge in [0.2, 0.25) is 5.91 Å². The average Bonchev–Trinajstić information content (AvgIpc) is 3.22. The second kappa shape index (κ2) is 10.6. The highest BCUT2D eigenvalue weighted by Crippen LogP contribution is 2.33. The summed E-state index contributed by atoms with van der Waals surface area (Å²) in [5.74, 6) is 1.13. The predicted molar refractivity (Wildman–Crippen MR) is 127 cm³/mol. The molecule has 2 aromatic rings. The van der Waals surface area contributed by atoms with Gasteiger partial charge in [0.15, 0.2) is 5.13 Å². The van der Waals surface area contributed by atoms with Gasteiger partial charge in [-0.05, 0) is 58.0 Å². The number of likely N-dealkylation sites (N-methyl/N-ethyl adjacent to an activating group) is 1. The van der Waals surface area contributed by atoms with Gasteiger partial charge in [-0.25, -0.2) is 4.98 Å². The van der Waals surface area contributed by atoms with Crippen LogP contribution in [-0.2, 0) is 4.79 Å². The molecule has 0 radical (unpaired) electrons. The molecule has 7 nitrogen and oxygen atoms in total. The third-order valence-corrected chi connectivity index (χ3v) is 7.35. The lowest BCUT2D eigenvalue weighted by molar-refractivity contribution is -0.125. The molecular weight excluding hydrogens is 410 g/mol. The molecule has 2 fully saturated rings. The summed E-state index contributed by atoms with van der Waals surface area (Å²) in [6, 6.07) is 6.06. The number of carbonyl (C=O) groups excluding carboxylic acids is 1. The van der Waals surface area contributed by atoms with E-state index in [1.165, 1.54) is 0 Å². The van der Waals surface area contributed by atoms with E-state index in [9.17, 15) is 4.79 Å². The van der Waals surface area contributed by atoms with Gasteiger partial charge in [-0.15, -0.1) is 0 Å². The summed E-state index contributed by atoms with van der Waals surface area (Å²) in [6.45, 7) is 10.8. The second-order valence-corrected chi connectivity index (χ2v) is 9.64. The number of hydrogen-bond donors (Lipinski definition) is 1. The number of piperidine rings is 1. The largest absolute Gasteiger partial charge is 0.494 e. The fraction of sp³-hybridized carbons (Fsp3) is 0.652. The Morgan fingerprint density at radius 3 is 2.90 bits per heavy atom. The van der Waals surface area contributed by atoms with E-state index < -0.39 is 0 Å². The van der Waals surface area contributed by atoms with E-state index in [2.05, 4.69) is 33.1 Å². The normalized spacial score (nSPS) is 20.8. The van der Waals surface area contributed by atoms with Gasteiger partial charge < -0.3 is 24.8 Å². The Bertz CT molecular complexity index is 865. The van der Waals surface area contributed by atoms with Crippen LogP contribution in [0.5, 0.6) is 5.75 Å². The van der Waals surface area contributed by atoms with Crippen LogP contribution in [0.25, 0.3) is 10.2 Å². The van der Waals surface area contributed by atoms with Crippen molar-refractivity contribution in [1.29, 1.82) is 0 Å². The molecule has 170 valence electrons. The van der Waals surface area contributed by atoms with Crippen molar-refractivity contribution in [3.63, 3.8) is 0 Å². The Labute approximate surface area is 189 Å². The third kappa shape index (κ3) is 5.87. The number of fused-ring (bicyclic) bond motifs is 1. The van der Waals surface area contributed by atoms with Crippen LogP contribution in [-0.4, -0.2) is 86.7 Å². The Kier molecular flexibility index (Phi) is 7.63. The molecule has 4 rings (SSSR count). The molecule has 2 aliphatic heterocycles. The molecule has 1 atom stereocenters. The van der Waals surface area contributed by atoms with Gasteiger partial charge in [0.1, 0.15) is 5.75 Å². The summed E-state index contributed by atoms with van der Waals surface area (Å²) in [4.78, 5) is 24.7. The number of hydrogen-bond acceptors (Lipinski definition) is 7. The number of piperazine rings is 1. The van der Waals surface area contributed by atoms with E-state index in [1.54, 1.807) is 11.3 Å². The highest BCUT2D eigenvalue weighted by molar-refractivity contribution is 7.22. The molecule has 0 unspecified atom stereocenters. The second-order valence-electron chi connectivity index (χ2n) is 8.63. The van der Waals surface area contributed by atoms with Gasteiger partial charge in [-0.1, -0.05) is 11.3 Å². The lowest BCUT2D eigenvalue weighted by Crippen LogP contribution is -2.46. The maximum Gasteiger partial charge on any atom is 0.224 e. The molecule has 2 aliphatic rings. The van der Waals surface area contributed by atoms with Crippen LogP contribution in [0.3, 0.4) is 0 Å². The average molecular weight is 446 g/mol. The lowest BCUT2D eigenvalue weighted by atomic mass is 9.97. The lowest BCUT2D eigenvalue weighted by Gasteiger charge is -2.33. The smallest absolute Gasteiger partial charge is 0.224 e. The number of nitrogens with one attached hydrogen (secondary N) is 1. The van der Waals surface area contributed by atoms with Crippen molar-refractivity contribution in [2.45, 2.75) is 26.2 Å². The fourth-order valence-electron chi connectivity index (χ4n) is 4.38. The van der Waals surface area contributed by atoms with Crippen LogP contribution in [0.1, 0.15) is 26.2 Å². The van der Waals surface area contributed by atoms with Gasteiger partial charge in [0, 0.05) is 45.8 Å². The Morgan fingerprint density at radius 2 is 2.10 bits per heavy atom. The number of thiazole rings is 1. The first-order chi connectivity index (χ1) is 15.1. The topological polar surface area (TPSA) is 60.9 Å². The highest BCUT2D eigenvalue weighted by atomic mass is 32.1. The summed E-state index contributed by atoms with van der Waals surface area (Å²) < 4.78 is 6.75. The number of rotatable bonds is 8. The van der Waals surface area contributed by atoms with E-state index in [1.807, 2.05) is 19.1 Å². The molecule has 0 spiro atoms. The fourth-order valence-corrected chi connectivity index (χ4v) is 5.41. The Hall–Kier alpha value is -1.90. The van der Waals surface area contributed by atoms with Gasteiger partial charge >= 0.3 is 0 Å². The molecular formula is C23H35N5O2S. The molecule has 1 aromatic carbocycles. The number of ether oxygens (including phenoxy) is 1. The van der Waals surface area contributed by atoms with Crippen LogP contribution in [0.15, 0.2) is 18.2 Å². The van der Waals surface area contributed by atoms with Crippen molar-refractivity contribution < 1.29 is 9.53 Å². The minimum absolute atomic E-state index is 0.0448. The minimum atomic E-state index is 0.0448. The van der Waals surface area contributed by atoms with Gasteiger partial charge in [-0.2, -0.15) is 0 Å². The zero-order valence-electron chi connectivity index (χ0n) is 18.8. The van der Waals surface area contributed by atoms with E-state index >= 15 is 0 Å². The highest BCUT2D eigenvalue weighted by Gasteiger charge is 2.27. The van der Waals surface area contributed by atoms with Crippen molar-refractivity contribution in [3.8, 4) is 5.75 Å². The first-order valence-corrected chi connectivity index (χ1v) is 12.4. The van der Waals surface area contributed by atoms with Gasteiger partial charge in [0.05, 0.1) is 22.7 Å². The molecule has 0 bridgehead atoms. The van der Waals surface area contributed by atoms with Crippen molar-refractivity contribution in [1.82, 2.24) is 20.1 Å². The summed E-state index contributed by atoms with van der Waals surface area (Å²) >= 11 is 1.69. The van der Waals surface area contributed by atoms with Crippen LogP contribution in [0, 0.1) is 5.92 Å². The van der Waals surface area contributed by atoms with Crippen molar-refractivity contribution in [2.24, 2.45) is 5.92 Å². The third-order valence-electron chi connectivity index (χ3n) is 6.27. The molecule has 31 heavy (non-hydrogen) atoms. The number of aromatic nitrogens is 1. The molecule has 2 saturated heterocycles. The molecule has 0 saturated carbocycles. The van der Waals surface area contributed by atoms with Gasteiger partial charge in [0.25, 0.3) is 0 Å². The number of carbonyl (C=O) groups is 1. The quantitative estimate of drug-likeness (QED) is 0.631. The SMILES string of the molecule is CCOc1ccc2nc(N3CCC[C@@H](C(=O)NCCCN4CCN(C)CC4)C3)sc2c1. The standard InChI is InChI=1S/C23H35N5O2S/c1-3-30-19-7-8-20-21(16-19)31-23(25-20)28-11-4-6-18(17-28)22(29)24-9-5-10-27-14-12-26(2)13-15-27/h7-8,16,18H,3-6,9-15,17H2,1-2H3,(H,24,29)/t18-/m1/s1. The first-order valence-electron chi connectivity index (χ1n) is 11.6. The number of anilines is 1. The molecule has 1 N–H and O–H groups in total. The number of nitrogens with zero attached hydrogens (tertiary/aromatic N) is 4. The Morgan fingerprint density at radius 1 is 1.26 bits per heavy atom. The summed E-state index contributed by atoms with van der Waals surface area (Å²) in [7, 11) is 2.18. The van der Waals surface area contributed by atoms with Gasteiger partial charge in [-0.3, -0.25) is 4.79 Å². The Balaban J connectivity index is 1.26. The van der Waals surface area contributed by atoms with E-state index in [0.29, 0.717) is 6.61 Å². The monoisotopic (exact) mass is 445 g/mol. The van der Waals surface area contributed by atoms with E-state index in [0.717, 1.165) is 92.7 Å². The molecule has 0 aliphatic carbocycles. The molecule has 1 aromatic heterocycles. The molecule has 1 amide bonds. The van der Waals surface area contributed by atoms with Crippen molar-refractivity contribution >= 4 is 32.6 Å². The predicted octanol–water partition coefficient (Wildman–Crippen LogP) is 2.67. The van der Waals surface area contributed by atoms with Crippen LogP contribution in [0.2, 0.25) is 0 Å². The summed E-state index contributed by atoms with van der Waals surface area (Å²) in [5.41, 5.74) is 0.999. The van der Waals surface area contributed by atoms with Crippen molar-refractivity contribution in [3.05, 3.63) is 18.2 Å². The van der Waals surface area contributed by atoms with E-state index in [4.69, 9.17) is 9.72 Å². The molecule has 3 heterocycles. The number of amides is 1. The maximum absolute atomic E-state index is 12.8. The zero-order valence-corrected chi connectivity index (χ0v) is 19.6. The first kappa shape index (κ1) is 22.3. The van der Waals surface area contributed by atoms with Crippen LogP contribution in [0.4, 0.5) is 5.13 Å². The van der Waals surface area contributed by atoms with Crippen LogP contribution < -0.4 is 15.0 Å². The number of benzene rings is 1. The zero-order chi connectivity index (χ0) is 21.6. The van der Waals surface area contributed by atoms with Crippen LogP contribution >= 0.6 is 11.3 Å².